The second-order valence-corrected chi connectivity index (χ2v) is 5.73. The highest BCUT2D eigenvalue weighted by Gasteiger charge is 2.25. The van der Waals surface area contributed by atoms with E-state index < -0.39 is 9.28 Å². The van der Waals surface area contributed by atoms with Gasteiger partial charge in [-0.15, -0.1) is 0 Å². The summed E-state index contributed by atoms with van der Waals surface area (Å²) < 4.78 is 21.3. The Morgan fingerprint density at radius 1 is 1.43 bits per heavy atom. The summed E-state index contributed by atoms with van der Waals surface area (Å²) in [6, 6.07) is 0.913. The average molecular weight is 220 g/mol. The van der Waals surface area contributed by atoms with Gasteiger partial charge in [0.15, 0.2) is 0 Å². The van der Waals surface area contributed by atoms with Crippen LogP contribution in [-0.2, 0) is 18.3 Å². The van der Waals surface area contributed by atoms with Gasteiger partial charge in [0.25, 0.3) is 0 Å². The molecule has 1 aliphatic heterocycles. The molecular formula is C9H20O4Si. The molecule has 1 rings (SSSR count). The topological polar surface area (TPSA) is 40.2 Å². The van der Waals surface area contributed by atoms with Gasteiger partial charge in [-0.2, -0.15) is 0 Å². The molecule has 0 aliphatic carbocycles. The molecule has 2 atom stereocenters. The molecule has 1 saturated heterocycles. The molecule has 84 valence electrons. The molecule has 1 fully saturated rings. The first-order chi connectivity index (χ1) is 6.80. The summed E-state index contributed by atoms with van der Waals surface area (Å²) in [4.78, 5) is 0. The van der Waals surface area contributed by atoms with E-state index in [9.17, 15) is 0 Å². The predicted molar refractivity (Wildman–Crippen MR) is 55.7 cm³/mol. The first kappa shape index (κ1) is 12.1. The number of hydrogen-bond donors (Lipinski definition) is 0. The number of epoxide rings is 1. The van der Waals surface area contributed by atoms with E-state index in [0.29, 0.717) is 12.7 Å². The van der Waals surface area contributed by atoms with Gasteiger partial charge in [-0.1, -0.05) is 6.92 Å². The quantitative estimate of drug-likeness (QED) is 0.446. The van der Waals surface area contributed by atoms with Gasteiger partial charge in [-0.25, -0.2) is 0 Å². The Balaban J connectivity index is 2.14. The van der Waals surface area contributed by atoms with E-state index in [4.69, 9.17) is 18.3 Å². The van der Waals surface area contributed by atoms with Crippen molar-refractivity contribution in [3.8, 4) is 0 Å². The average Bonchev–Trinajstić information content (AvgIpc) is 3.02. The van der Waals surface area contributed by atoms with Crippen molar-refractivity contribution in [3.05, 3.63) is 0 Å². The fourth-order valence-electron chi connectivity index (χ4n) is 1.26. The SMILES string of the molecule is CCC(C[SiH](OC)OC)OCC1CO1. The first-order valence-corrected chi connectivity index (χ1v) is 6.84. The zero-order chi connectivity index (χ0) is 10.4. The van der Waals surface area contributed by atoms with Crippen molar-refractivity contribution in [3.63, 3.8) is 0 Å². The van der Waals surface area contributed by atoms with E-state index in [-0.39, 0.29) is 6.10 Å². The Bertz CT molecular complexity index is 148. The first-order valence-electron chi connectivity index (χ1n) is 5.09. The minimum atomic E-state index is -1.48. The Labute approximate surface area is 87.3 Å². The van der Waals surface area contributed by atoms with Gasteiger partial charge in [-0.3, -0.25) is 0 Å². The van der Waals surface area contributed by atoms with Gasteiger partial charge in [0.1, 0.15) is 6.10 Å². The smallest absolute Gasteiger partial charge is 0.323 e. The summed E-state index contributed by atoms with van der Waals surface area (Å²) in [6.07, 6.45) is 1.60. The fraction of sp³-hybridized carbons (Fsp3) is 1.00. The fourth-order valence-corrected chi connectivity index (χ4v) is 2.74. The molecule has 0 N–H and O–H groups in total. The van der Waals surface area contributed by atoms with Crippen molar-refractivity contribution in [2.24, 2.45) is 0 Å². The Hall–Kier alpha value is 0.0569. The van der Waals surface area contributed by atoms with Crippen LogP contribution in [-0.4, -0.2) is 48.9 Å². The third-order valence-corrected chi connectivity index (χ3v) is 4.32. The number of ether oxygens (including phenoxy) is 2. The number of hydrogen-bond acceptors (Lipinski definition) is 4. The lowest BCUT2D eigenvalue weighted by Gasteiger charge is -2.19. The van der Waals surface area contributed by atoms with Gasteiger partial charge in [0.2, 0.25) is 0 Å². The molecule has 0 aromatic rings. The molecule has 14 heavy (non-hydrogen) atoms. The molecule has 0 amide bonds. The monoisotopic (exact) mass is 220 g/mol. The lowest BCUT2D eigenvalue weighted by Crippen LogP contribution is -2.27. The van der Waals surface area contributed by atoms with Crippen molar-refractivity contribution in [1.29, 1.82) is 0 Å². The largest absolute Gasteiger partial charge is 0.400 e. The van der Waals surface area contributed by atoms with Crippen molar-refractivity contribution < 1.29 is 18.3 Å². The van der Waals surface area contributed by atoms with Crippen LogP contribution >= 0.6 is 0 Å². The summed E-state index contributed by atoms with van der Waals surface area (Å²) in [5.74, 6) is 0. The van der Waals surface area contributed by atoms with Crippen molar-refractivity contribution in [1.82, 2.24) is 0 Å². The van der Waals surface area contributed by atoms with E-state index in [2.05, 4.69) is 6.92 Å². The summed E-state index contributed by atoms with van der Waals surface area (Å²) in [6.45, 7) is 3.69. The van der Waals surface area contributed by atoms with Gasteiger partial charge < -0.3 is 18.3 Å². The molecule has 2 unspecified atom stereocenters. The third-order valence-electron chi connectivity index (χ3n) is 2.36. The maximum atomic E-state index is 5.70. The highest BCUT2D eigenvalue weighted by atomic mass is 28.3. The van der Waals surface area contributed by atoms with Crippen molar-refractivity contribution in [2.45, 2.75) is 31.6 Å². The van der Waals surface area contributed by atoms with Gasteiger partial charge >= 0.3 is 9.28 Å². The van der Waals surface area contributed by atoms with E-state index >= 15 is 0 Å². The van der Waals surface area contributed by atoms with Gasteiger partial charge in [0, 0.05) is 20.3 Å². The molecular weight excluding hydrogens is 200 g/mol. The van der Waals surface area contributed by atoms with Gasteiger partial charge in [-0.05, 0) is 6.42 Å². The minimum absolute atomic E-state index is 0.260. The molecule has 1 aliphatic rings. The van der Waals surface area contributed by atoms with Crippen LogP contribution in [0.4, 0.5) is 0 Å². The summed E-state index contributed by atoms with van der Waals surface area (Å²) in [5.41, 5.74) is 0. The molecule has 0 saturated carbocycles. The minimum Gasteiger partial charge on any atom is -0.400 e. The molecule has 0 spiro atoms. The predicted octanol–water partition coefficient (Wildman–Crippen LogP) is 0.694. The lowest BCUT2D eigenvalue weighted by atomic mass is 10.3. The van der Waals surface area contributed by atoms with Crippen LogP contribution < -0.4 is 0 Å². The van der Waals surface area contributed by atoms with Crippen LogP contribution in [0.2, 0.25) is 6.04 Å². The van der Waals surface area contributed by atoms with Crippen LogP contribution in [0.5, 0.6) is 0 Å². The molecule has 0 aromatic heterocycles. The second-order valence-electron chi connectivity index (χ2n) is 3.46. The van der Waals surface area contributed by atoms with E-state index in [1.54, 1.807) is 14.2 Å². The van der Waals surface area contributed by atoms with E-state index in [0.717, 1.165) is 19.1 Å². The zero-order valence-corrected chi connectivity index (χ0v) is 10.3. The molecule has 0 aromatic carbocycles. The van der Waals surface area contributed by atoms with E-state index in [1.165, 1.54) is 0 Å². The molecule has 4 nitrogen and oxygen atoms in total. The highest BCUT2D eigenvalue weighted by molar-refractivity contribution is 6.44. The Morgan fingerprint density at radius 2 is 2.07 bits per heavy atom. The van der Waals surface area contributed by atoms with Crippen LogP contribution in [0, 0.1) is 0 Å². The summed E-state index contributed by atoms with van der Waals surface area (Å²) >= 11 is 0. The molecule has 0 radical (unpaired) electrons. The standard InChI is InChI=1S/C9H20O4Si/c1-4-8(7-14(10-2)11-3)12-5-9-6-13-9/h8-9,14H,4-7H2,1-3H3. The summed E-state index contributed by atoms with van der Waals surface area (Å²) in [7, 11) is 1.93. The molecule has 1 heterocycles. The summed E-state index contributed by atoms with van der Waals surface area (Å²) in [5, 5.41) is 0. The molecule has 5 heteroatoms. The van der Waals surface area contributed by atoms with Crippen LogP contribution in [0.15, 0.2) is 0 Å². The third kappa shape index (κ3) is 4.52. The van der Waals surface area contributed by atoms with Crippen LogP contribution in [0.1, 0.15) is 13.3 Å². The molecule has 0 bridgehead atoms. The Morgan fingerprint density at radius 3 is 2.50 bits per heavy atom. The Kier molecular flexibility index (Phi) is 5.65. The highest BCUT2D eigenvalue weighted by Crippen LogP contribution is 2.14. The lowest BCUT2D eigenvalue weighted by molar-refractivity contribution is 0.0468. The van der Waals surface area contributed by atoms with Crippen molar-refractivity contribution in [2.75, 3.05) is 27.4 Å². The zero-order valence-electron chi connectivity index (χ0n) is 9.19. The van der Waals surface area contributed by atoms with Gasteiger partial charge in [0.05, 0.1) is 19.3 Å². The van der Waals surface area contributed by atoms with Crippen LogP contribution in [0.25, 0.3) is 0 Å². The van der Waals surface area contributed by atoms with E-state index in [1.807, 2.05) is 0 Å². The second kappa shape index (κ2) is 6.52. The maximum Gasteiger partial charge on any atom is 0.323 e. The maximum absolute atomic E-state index is 5.70. The van der Waals surface area contributed by atoms with Crippen molar-refractivity contribution >= 4 is 9.28 Å². The van der Waals surface area contributed by atoms with Crippen LogP contribution in [0.3, 0.4) is 0 Å². The normalized spacial score (nSPS) is 22.7. The number of rotatable bonds is 8.